The molecule has 2 N–H and O–H groups in total. The quantitative estimate of drug-likeness (QED) is 0.737. The summed E-state index contributed by atoms with van der Waals surface area (Å²) in [4.78, 5) is 12.2. The number of rotatable bonds is 4. The Balaban J connectivity index is 1.97. The van der Waals surface area contributed by atoms with E-state index < -0.39 is 0 Å². The van der Waals surface area contributed by atoms with Gasteiger partial charge in [0.2, 0.25) is 0 Å². The predicted molar refractivity (Wildman–Crippen MR) is 102 cm³/mol. The summed E-state index contributed by atoms with van der Waals surface area (Å²) in [7, 11) is 0. The standard InChI is InChI=1S/C17H16Cl2N2O2S/c1-10(2)23-13-6-3-11(4-7-13)16(22)21-17(24)20-15-8-5-12(18)9-14(15)19/h3-10H,1-2H3,(H2,20,21,22,24). The fraction of sp³-hybridized carbons (Fsp3) is 0.176. The lowest BCUT2D eigenvalue weighted by Gasteiger charge is -2.12. The number of carbonyl (C=O) groups excluding carboxylic acids is 1. The van der Waals surface area contributed by atoms with Gasteiger partial charge in [0.1, 0.15) is 5.75 Å². The summed E-state index contributed by atoms with van der Waals surface area (Å²) in [6.07, 6.45) is 0.0746. The van der Waals surface area contributed by atoms with Gasteiger partial charge in [-0.15, -0.1) is 0 Å². The van der Waals surface area contributed by atoms with Crippen molar-refractivity contribution in [2.24, 2.45) is 0 Å². The minimum atomic E-state index is -0.325. The van der Waals surface area contributed by atoms with E-state index in [1.807, 2.05) is 13.8 Å². The second kappa shape index (κ2) is 8.33. The van der Waals surface area contributed by atoms with Crippen LogP contribution in [0.15, 0.2) is 42.5 Å². The first-order valence-electron chi connectivity index (χ1n) is 7.19. The molecule has 0 radical (unpaired) electrons. The van der Waals surface area contributed by atoms with E-state index in [4.69, 9.17) is 40.2 Å². The maximum atomic E-state index is 12.2. The van der Waals surface area contributed by atoms with Crippen LogP contribution in [0.5, 0.6) is 5.75 Å². The summed E-state index contributed by atoms with van der Waals surface area (Å²) in [6, 6.07) is 11.8. The number of halogens is 2. The summed E-state index contributed by atoms with van der Waals surface area (Å²) in [5.41, 5.74) is 1.03. The fourth-order valence-corrected chi connectivity index (χ4v) is 2.54. The van der Waals surface area contributed by atoms with Crippen molar-refractivity contribution in [3.63, 3.8) is 0 Å². The molecule has 0 aromatic heterocycles. The first-order chi connectivity index (χ1) is 11.3. The maximum Gasteiger partial charge on any atom is 0.257 e. The van der Waals surface area contributed by atoms with Gasteiger partial charge >= 0.3 is 0 Å². The lowest BCUT2D eigenvalue weighted by atomic mass is 10.2. The number of amides is 1. The van der Waals surface area contributed by atoms with Crippen LogP contribution < -0.4 is 15.4 Å². The molecule has 0 saturated heterocycles. The van der Waals surface area contributed by atoms with E-state index in [0.717, 1.165) is 0 Å². The zero-order valence-corrected chi connectivity index (χ0v) is 15.4. The van der Waals surface area contributed by atoms with E-state index in [-0.39, 0.29) is 17.1 Å². The molecular formula is C17H16Cl2N2O2S. The van der Waals surface area contributed by atoms with Crippen LogP contribution in [-0.4, -0.2) is 17.1 Å². The molecule has 0 unspecified atom stereocenters. The third kappa shape index (κ3) is 5.37. The molecule has 2 rings (SSSR count). The van der Waals surface area contributed by atoms with Crippen molar-refractivity contribution < 1.29 is 9.53 Å². The van der Waals surface area contributed by atoms with Crippen molar-refractivity contribution in [1.29, 1.82) is 0 Å². The number of benzene rings is 2. The highest BCUT2D eigenvalue weighted by Gasteiger charge is 2.10. The van der Waals surface area contributed by atoms with Crippen LogP contribution in [0.3, 0.4) is 0 Å². The smallest absolute Gasteiger partial charge is 0.257 e. The van der Waals surface area contributed by atoms with Gasteiger partial charge in [0, 0.05) is 10.6 Å². The number of thiocarbonyl (C=S) groups is 1. The van der Waals surface area contributed by atoms with Gasteiger partial charge in [-0.1, -0.05) is 23.2 Å². The Hall–Kier alpha value is -1.82. The number of hydrogen-bond acceptors (Lipinski definition) is 3. The second-order valence-corrected chi connectivity index (χ2v) is 6.48. The van der Waals surface area contributed by atoms with E-state index in [2.05, 4.69) is 10.6 Å². The average molecular weight is 383 g/mol. The Morgan fingerprint density at radius 3 is 2.38 bits per heavy atom. The molecule has 0 aliphatic carbocycles. The molecule has 0 aliphatic rings. The minimum absolute atomic E-state index is 0.0746. The summed E-state index contributed by atoms with van der Waals surface area (Å²) in [5, 5.41) is 6.53. The average Bonchev–Trinajstić information content (AvgIpc) is 2.50. The van der Waals surface area contributed by atoms with Gasteiger partial charge in [-0.05, 0) is 68.5 Å². The zero-order chi connectivity index (χ0) is 17.7. The first kappa shape index (κ1) is 18.5. The van der Waals surface area contributed by atoms with Crippen LogP contribution in [0.1, 0.15) is 24.2 Å². The van der Waals surface area contributed by atoms with Crippen molar-refractivity contribution in [3.8, 4) is 5.75 Å². The summed E-state index contributed by atoms with van der Waals surface area (Å²) in [5.74, 6) is 0.379. The molecule has 2 aromatic rings. The molecule has 24 heavy (non-hydrogen) atoms. The summed E-state index contributed by atoms with van der Waals surface area (Å²) < 4.78 is 5.54. The van der Waals surface area contributed by atoms with Crippen LogP contribution in [0.2, 0.25) is 10.0 Å². The van der Waals surface area contributed by atoms with Crippen molar-refractivity contribution in [1.82, 2.24) is 5.32 Å². The van der Waals surface area contributed by atoms with Crippen molar-refractivity contribution >= 4 is 52.1 Å². The Morgan fingerprint density at radius 1 is 1.12 bits per heavy atom. The fourth-order valence-electron chi connectivity index (χ4n) is 1.88. The van der Waals surface area contributed by atoms with Crippen molar-refractivity contribution in [2.45, 2.75) is 20.0 Å². The number of hydrogen-bond donors (Lipinski definition) is 2. The van der Waals surface area contributed by atoms with E-state index in [1.165, 1.54) is 0 Å². The Morgan fingerprint density at radius 2 is 1.79 bits per heavy atom. The Kier molecular flexibility index (Phi) is 6.43. The Bertz CT molecular complexity index is 749. The normalized spacial score (nSPS) is 10.4. The maximum absolute atomic E-state index is 12.2. The topological polar surface area (TPSA) is 50.4 Å². The summed E-state index contributed by atoms with van der Waals surface area (Å²) in [6.45, 7) is 3.87. The van der Waals surface area contributed by atoms with Gasteiger partial charge in [0.05, 0.1) is 16.8 Å². The predicted octanol–water partition coefficient (Wildman–Crippen LogP) is 4.91. The first-order valence-corrected chi connectivity index (χ1v) is 8.35. The number of nitrogens with one attached hydrogen (secondary N) is 2. The molecule has 0 bridgehead atoms. The molecule has 1 amide bonds. The van der Waals surface area contributed by atoms with Crippen molar-refractivity contribution in [2.75, 3.05) is 5.32 Å². The molecule has 126 valence electrons. The molecule has 0 spiro atoms. The van der Waals surface area contributed by atoms with E-state index in [1.54, 1.807) is 42.5 Å². The number of ether oxygens (including phenoxy) is 1. The van der Waals surface area contributed by atoms with Gasteiger partial charge in [-0.25, -0.2) is 0 Å². The monoisotopic (exact) mass is 382 g/mol. The van der Waals surface area contributed by atoms with Crippen LogP contribution in [-0.2, 0) is 0 Å². The molecule has 0 saturated carbocycles. The van der Waals surface area contributed by atoms with Crippen molar-refractivity contribution in [3.05, 3.63) is 58.1 Å². The van der Waals surface area contributed by atoms with Gasteiger partial charge in [-0.2, -0.15) is 0 Å². The van der Waals surface area contributed by atoms with Gasteiger partial charge in [0.15, 0.2) is 5.11 Å². The SMILES string of the molecule is CC(C)Oc1ccc(C(=O)NC(=S)Nc2ccc(Cl)cc2Cl)cc1. The molecule has 0 aliphatic heterocycles. The third-order valence-corrected chi connectivity index (χ3v) is 3.65. The number of carbonyl (C=O) groups is 1. The van der Waals surface area contributed by atoms with Crippen LogP contribution >= 0.6 is 35.4 Å². The largest absolute Gasteiger partial charge is 0.491 e. The van der Waals surface area contributed by atoms with Crippen LogP contribution in [0.25, 0.3) is 0 Å². The molecule has 0 atom stereocenters. The number of anilines is 1. The molecular weight excluding hydrogens is 367 g/mol. The lowest BCUT2D eigenvalue weighted by molar-refractivity contribution is 0.0977. The minimum Gasteiger partial charge on any atom is -0.491 e. The van der Waals surface area contributed by atoms with Crippen LogP contribution in [0.4, 0.5) is 5.69 Å². The van der Waals surface area contributed by atoms with E-state index in [0.29, 0.717) is 27.0 Å². The molecule has 2 aromatic carbocycles. The Labute approximate surface area is 156 Å². The molecule has 0 fully saturated rings. The highest BCUT2D eigenvalue weighted by molar-refractivity contribution is 7.80. The van der Waals surface area contributed by atoms with E-state index >= 15 is 0 Å². The van der Waals surface area contributed by atoms with Gasteiger partial charge in [-0.3, -0.25) is 10.1 Å². The molecule has 4 nitrogen and oxygen atoms in total. The molecule has 0 heterocycles. The van der Waals surface area contributed by atoms with Gasteiger partial charge in [0.25, 0.3) is 5.91 Å². The molecule has 7 heteroatoms. The van der Waals surface area contributed by atoms with E-state index in [9.17, 15) is 4.79 Å². The highest BCUT2D eigenvalue weighted by Crippen LogP contribution is 2.25. The second-order valence-electron chi connectivity index (χ2n) is 5.22. The lowest BCUT2D eigenvalue weighted by Crippen LogP contribution is -2.34. The van der Waals surface area contributed by atoms with Gasteiger partial charge < -0.3 is 10.1 Å². The van der Waals surface area contributed by atoms with Crippen LogP contribution in [0, 0.1) is 0 Å². The third-order valence-electron chi connectivity index (χ3n) is 2.89. The summed E-state index contributed by atoms with van der Waals surface area (Å²) >= 11 is 17.0. The highest BCUT2D eigenvalue weighted by atomic mass is 35.5. The zero-order valence-electron chi connectivity index (χ0n) is 13.1.